The van der Waals surface area contributed by atoms with Gasteiger partial charge in [0.25, 0.3) is 0 Å². The van der Waals surface area contributed by atoms with Crippen molar-refractivity contribution >= 4 is 23.5 Å². The largest absolute Gasteiger partial charge is 0.484 e. The molecule has 2 heterocycles. The number of fused-ring (bicyclic) bond motifs is 1. The Morgan fingerprint density at radius 1 is 1.17 bits per heavy atom. The van der Waals surface area contributed by atoms with E-state index in [-0.39, 0.29) is 48.8 Å². The summed E-state index contributed by atoms with van der Waals surface area (Å²) in [5.41, 5.74) is -0.627. The number of benzene rings is 1. The van der Waals surface area contributed by atoms with Crippen molar-refractivity contribution < 1.29 is 32.2 Å². The lowest BCUT2D eigenvalue weighted by molar-refractivity contribution is -0.137. The minimum Gasteiger partial charge on any atom is -0.484 e. The van der Waals surface area contributed by atoms with Gasteiger partial charge in [0.2, 0.25) is 11.7 Å². The van der Waals surface area contributed by atoms with Crippen molar-refractivity contribution in [1.82, 2.24) is 15.3 Å². The van der Waals surface area contributed by atoms with Crippen LogP contribution in [0.2, 0.25) is 0 Å². The van der Waals surface area contributed by atoms with Gasteiger partial charge in [-0.25, -0.2) is 9.78 Å². The Kier molecular flexibility index (Phi) is 6.33. The zero-order valence-electron chi connectivity index (χ0n) is 16.2. The average Bonchev–Trinajstić information content (AvgIpc) is 2.69. The molecule has 0 atom stereocenters. The first-order valence-electron chi connectivity index (χ1n) is 9.16. The van der Waals surface area contributed by atoms with Crippen molar-refractivity contribution in [1.29, 1.82) is 0 Å². The Balaban J connectivity index is 1.91. The number of ether oxygens (including phenoxy) is 3. The van der Waals surface area contributed by atoms with Crippen LogP contribution in [0.3, 0.4) is 0 Å². The summed E-state index contributed by atoms with van der Waals surface area (Å²) in [6.07, 6.45) is -4.55. The first kappa shape index (κ1) is 21.3. The molecule has 30 heavy (non-hydrogen) atoms. The van der Waals surface area contributed by atoms with Crippen molar-refractivity contribution in [3.63, 3.8) is 0 Å². The van der Waals surface area contributed by atoms with Crippen molar-refractivity contribution in [3.05, 3.63) is 23.9 Å². The molecule has 2 aromatic rings. The van der Waals surface area contributed by atoms with Crippen LogP contribution in [0.1, 0.15) is 19.4 Å². The molecule has 0 bridgehead atoms. The van der Waals surface area contributed by atoms with Crippen molar-refractivity contribution in [3.8, 4) is 17.2 Å². The number of nitrogens with one attached hydrogen (secondary N) is 3. The normalized spacial score (nSPS) is 12.8. The molecule has 162 valence electrons. The molecule has 0 aliphatic carbocycles. The van der Waals surface area contributed by atoms with Crippen LogP contribution >= 0.6 is 0 Å². The SMILES string of the molecule is CCNC(=O)Oc1ccc(Nc2ncc(C(F)(F)F)c(NCC)n2)c2c1OCCO2. The van der Waals surface area contributed by atoms with Gasteiger partial charge in [0.15, 0.2) is 11.5 Å². The first-order chi connectivity index (χ1) is 14.3. The standard InChI is InChI=1S/C18H20F3N5O4/c1-3-22-15-10(18(19,20)21)9-24-16(26-15)25-11-5-6-12(30-17(27)23-4-2)14-13(11)28-7-8-29-14/h5-6,9H,3-4,7-8H2,1-2H3,(H,23,27)(H2,22,24,25,26). The van der Waals surface area contributed by atoms with E-state index in [1.165, 1.54) is 12.1 Å². The molecule has 1 aromatic carbocycles. The average molecular weight is 427 g/mol. The molecular formula is C18H20F3N5O4. The smallest absolute Gasteiger partial charge is 0.421 e. The number of rotatable bonds is 6. The summed E-state index contributed by atoms with van der Waals surface area (Å²) >= 11 is 0. The van der Waals surface area contributed by atoms with E-state index in [4.69, 9.17) is 14.2 Å². The summed E-state index contributed by atoms with van der Waals surface area (Å²) < 4.78 is 55.8. The third-order valence-corrected chi connectivity index (χ3v) is 3.86. The fourth-order valence-electron chi connectivity index (χ4n) is 2.64. The van der Waals surface area contributed by atoms with Gasteiger partial charge in [-0.15, -0.1) is 0 Å². The number of hydrogen-bond donors (Lipinski definition) is 3. The predicted octanol–water partition coefficient (Wildman–Crippen LogP) is 3.55. The number of aromatic nitrogens is 2. The van der Waals surface area contributed by atoms with E-state index < -0.39 is 17.8 Å². The molecule has 1 aromatic heterocycles. The summed E-state index contributed by atoms with van der Waals surface area (Å²) in [5.74, 6) is 0.146. The van der Waals surface area contributed by atoms with Gasteiger partial charge in [0, 0.05) is 19.3 Å². The number of hydrogen-bond acceptors (Lipinski definition) is 8. The third kappa shape index (κ3) is 4.75. The van der Waals surface area contributed by atoms with E-state index >= 15 is 0 Å². The highest BCUT2D eigenvalue weighted by Crippen LogP contribution is 2.45. The van der Waals surface area contributed by atoms with Crippen LogP contribution < -0.4 is 30.2 Å². The van der Waals surface area contributed by atoms with Crippen LogP contribution in [0, 0.1) is 0 Å². The number of halogens is 3. The monoisotopic (exact) mass is 427 g/mol. The van der Waals surface area contributed by atoms with E-state index in [0.717, 1.165) is 0 Å². The summed E-state index contributed by atoms with van der Waals surface area (Å²) in [7, 11) is 0. The molecule has 12 heteroatoms. The van der Waals surface area contributed by atoms with Crippen LogP contribution in [0.15, 0.2) is 18.3 Å². The molecule has 1 aliphatic heterocycles. The summed E-state index contributed by atoms with van der Waals surface area (Å²) in [5, 5.41) is 7.91. The maximum atomic E-state index is 13.1. The number of nitrogens with zero attached hydrogens (tertiary/aromatic N) is 2. The highest BCUT2D eigenvalue weighted by Gasteiger charge is 2.35. The Morgan fingerprint density at radius 3 is 2.57 bits per heavy atom. The number of alkyl halides is 3. The minimum atomic E-state index is -4.59. The molecule has 0 unspecified atom stereocenters. The zero-order chi connectivity index (χ0) is 21.7. The number of carbonyl (C=O) groups excluding carboxylic acids is 1. The molecule has 1 amide bonds. The van der Waals surface area contributed by atoms with Gasteiger partial charge in [0.05, 0.1) is 5.69 Å². The second-order valence-corrected chi connectivity index (χ2v) is 6.00. The highest BCUT2D eigenvalue weighted by molar-refractivity contribution is 5.76. The fraction of sp³-hybridized carbons (Fsp3) is 0.389. The van der Waals surface area contributed by atoms with Crippen LogP contribution in [0.4, 0.5) is 35.4 Å². The molecule has 0 radical (unpaired) electrons. The van der Waals surface area contributed by atoms with Crippen LogP contribution in [0.5, 0.6) is 17.2 Å². The summed E-state index contributed by atoms with van der Waals surface area (Å²) in [6.45, 7) is 4.51. The van der Waals surface area contributed by atoms with Gasteiger partial charge in [0.1, 0.15) is 24.6 Å². The minimum absolute atomic E-state index is 0.0762. The Bertz CT molecular complexity index is 923. The lowest BCUT2D eigenvalue weighted by atomic mass is 10.2. The van der Waals surface area contributed by atoms with E-state index in [1.807, 2.05) is 0 Å². The molecule has 0 saturated heterocycles. The fourth-order valence-corrected chi connectivity index (χ4v) is 2.64. The van der Waals surface area contributed by atoms with E-state index in [0.29, 0.717) is 18.4 Å². The topological polar surface area (TPSA) is 107 Å². The second-order valence-electron chi connectivity index (χ2n) is 6.00. The quantitative estimate of drug-likeness (QED) is 0.643. The Hall–Kier alpha value is -3.44. The van der Waals surface area contributed by atoms with Gasteiger partial charge < -0.3 is 30.2 Å². The van der Waals surface area contributed by atoms with Crippen LogP contribution in [-0.4, -0.2) is 42.4 Å². The van der Waals surface area contributed by atoms with Crippen molar-refractivity contribution in [2.24, 2.45) is 0 Å². The molecule has 1 aliphatic rings. The maximum absolute atomic E-state index is 13.1. The van der Waals surface area contributed by atoms with Gasteiger partial charge in [-0.2, -0.15) is 18.2 Å². The number of carbonyl (C=O) groups is 1. The van der Waals surface area contributed by atoms with Gasteiger partial charge >= 0.3 is 12.3 Å². The molecule has 9 nitrogen and oxygen atoms in total. The van der Waals surface area contributed by atoms with Crippen molar-refractivity contribution in [2.45, 2.75) is 20.0 Å². The molecule has 3 rings (SSSR count). The molecule has 3 N–H and O–H groups in total. The highest BCUT2D eigenvalue weighted by atomic mass is 19.4. The van der Waals surface area contributed by atoms with Gasteiger partial charge in [-0.1, -0.05) is 0 Å². The first-order valence-corrected chi connectivity index (χ1v) is 9.16. The Morgan fingerprint density at radius 2 is 1.90 bits per heavy atom. The van der Waals surface area contributed by atoms with E-state index in [2.05, 4.69) is 25.9 Å². The molecule has 0 saturated carbocycles. The maximum Gasteiger partial charge on any atom is 0.421 e. The van der Waals surface area contributed by atoms with Crippen LogP contribution in [-0.2, 0) is 6.18 Å². The second kappa shape index (κ2) is 8.93. The van der Waals surface area contributed by atoms with Gasteiger partial charge in [-0.3, -0.25) is 0 Å². The Labute approximate surface area is 169 Å². The lowest BCUT2D eigenvalue weighted by Crippen LogP contribution is -2.27. The summed E-state index contributed by atoms with van der Waals surface area (Å²) in [4.78, 5) is 19.4. The third-order valence-electron chi connectivity index (χ3n) is 3.86. The van der Waals surface area contributed by atoms with Gasteiger partial charge in [-0.05, 0) is 26.0 Å². The molecule has 0 spiro atoms. The molecule has 0 fully saturated rings. The van der Waals surface area contributed by atoms with E-state index in [9.17, 15) is 18.0 Å². The predicted molar refractivity (Wildman–Crippen MR) is 102 cm³/mol. The number of amides is 1. The van der Waals surface area contributed by atoms with Crippen LogP contribution in [0.25, 0.3) is 0 Å². The zero-order valence-corrected chi connectivity index (χ0v) is 16.2. The summed E-state index contributed by atoms with van der Waals surface area (Å²) in [6, 6.07) is 3.00. The lowest BCUT2D eigenvalue weighted by Gasteiger charge is -2.23. The van der Waals surface area contributed by atoms with E-state index in [1.54, 1.807) is 13.8 Å². The molecular weight excluding hydrogens is 407 g/mol. The van der Waals surface area contributed by atoms with Crippen molar-refractivity contribution in [2.75, 3.05) is 36.9 Å². The number of anilines is 3.